The average Bonchev–Trinajstić information content (AvgIpc) is 2.82. The van der Waals surface area contributed by atoms with Crippen LogP contribution < -0.4 is 10.6 Å². The van der Waals surface area contributed by atoms with E-state index in [9.17, 15) is 0 Å². The molecule has 0 aromatic carbocycles. The van der Waals surface area contributed by atoms with E-state index in [1.807, 2.05) is 0 Å². The molecule has 0 amide bonds. The summed E-state index contributed by atoms with van der Waals surface area (Å²) >= 11 is 1.73. The van der Waals surface area contributed by atoms with Crippen molar-refractivity contribution in [3.8, 4) is 0 Å². The van der Waals surface area contributed by atoms with Gasteiger partial charge in [-0.2, -0.15) is 0 Å². The molecule has 0 radical (unpaired) electrons. The predicted octanol–water partition coefficient (Wildman–Crippen LogP) is 2.73. The third kappa shape index (κ3) is 5.04. The first kappa shape index (κ1) is 15.0. The number of nitrogens with one attached hydrogen (secondary N) is 2. The normalized spacial score (nSPS) is 11.9. The van der Waals surface area contributed by atoms with Crippen LogP contribution in [0.2, 0.25) is 0 Å². The average molecular weight is 268 g/mol. The Bertz CT molecular complexity index is 371. The summed E-state index contributed by atoms with van der Waals surface area (Å²) in [5.41, 5.74) is 1.09. The molecule has 5 heteroatoms. The lowest BCUT2D eigenvalue weighted by molar-refractivity contribution is 0.724. The summed E-state index contributed by atoms with van der Waals surface area (Å²) in [4.78, 5) is 8.77. The zero-order chi connectivity index (χ0) is 13.4. The van der Waals surface area contributed by atoms with Gasteiger partial charge in [0.1, 0.15) is 0 Å². The van der Waals surface area contributed by atoms with Gasteiger partial charge in [-0.05, 0) is 6.42 Å². The van der Waals surface area contributed by atoms with Crippen LogP contribution in [0.15, 0.2) is 10.4 Å². The fourth-order valence-electron chi connectivity index (χ4n) is 1.45. The SMILES string of the molecule is CCCCNC(=NC)NCc1csc(C(C)C)n1. The fourth-order valence-corrected chi connectivity index (χ4v) is 2.28. The molecule has 2 N–H and O–H groups in total. The first-order chi connectivity index (χ1) is 8.67. The van der Waals surface area contributed by atoms with Crippen LogP contribution >= 0.6 is 11.3 Å². The number of unbranched alkanes of at least 4 members (excludes halogenated alkanes) is 1. The maximum absolute atomic E-state index is 4.59. The summed E-state index contributed by atoms with van der Waals surface area (Å²) < 4.78 is 0. The number of thiazole rings is 1. The molecule has 4 nitrogen and oxygen atoms in total. The van der Waals surface area contributed by atoms with Crippen LogP contribution in [0.5, 0.6) is 0 Å². The van der Waals surface area contributed by atoms with E-state index in [1.165, 1.54) is 11.4 Å². The molecule has 0 fully saturated rings. The second kappa shape index (κ2) is 8.08. The van der Waals surface area contributed by atoms with Crippen molar-refractivity contribution in [2.75, 3.05) is 13.6 Å². The highest BCUT2D eigenvalue weighted by molar-refractivity contribution is 7.09. The first-order valence-corrected chi connectivity index (χ1v) is 7.44. The number of aliphatic imine (C=N–C) groups is 1. The summed E-state index contributed by atoms with van der Waals surface area (Å²) in [5, 5.41) is 9.87. The number of hydrogen-bond donors (Lipinski definition) is 2. The van der Waals surface area contributed by atoms with Gasteiger partial charge in [0, 0.05) is 24.9 Å². The molecule has 1 aromatic rings. The van der Waals surface area contributed by atoms with E-state index in [0.29, 0.717) is 5.92 Å². The van der Waals surface area contributed by atoms with E-state index < -0.39 is 0 Å². The molecule has 1 aromatic heterocycles. The minimum absolute atomic E-state index is 0.505. The van der Waals surface area contributed by atoms with Gasteiger partial charge in [-0.15, -0.1) is 11.3 Å². The molecule has 102 valence electrons. The van der Waals surface area contributed by atoms with Crippen LogP contribution in [0.4, 0.5) is 0 Å². The van der Waals surface area contributed by atoms with Crippen molar-refractivity contribution in [2.24, 2.45) is 4.99 Å². The van der Waals surface area contributed by atoms with Crippen LogP contribution in [0.1, 0.15) is 50.2 Å². The van der Waals surface area contributed by atoms with E-state index in [1.54, 1.807) is 18.4 Å². The Hall–Kier alpha value is -1.10. The highest BCUT2D eigenvalue weighted by Crippen LogP contribution is 2.18. The Kier molecular flexibility index (Phi) is 6.72. The maximum atomic E-state index is 4.59. The van der Waals surface area contributed by atoms with Crippen molar-refractivity contribution in [1.82, 2.24) is 15.6 Å². The second-order valence-electron chi connectivity index (χ2n) is 4.54. The van der Waals surface area contributed by atoms with E-state index in [4.69, 9.17) is 0 Å². The number of aromatic nitrogens is 1. The molecule has 0 aliphatic rings. The molecular weight excluding hydrogens is 244 g/mol. The van der Waals surface area contributed by atoms with Crippen molar-refractivity contribution >= 4 is 17.3 Å². The Labute approximate surface area is 114 Å². The summed E-state index contributed by atoms with van der Waals surface area (Å²) in [7, 11) is 1.79. The van der Waals surface area contributed by atoms with Crippen LogP contribution in [-0.4, -0.2) is 24.5 Å². The molecule has 0 unspecified atom stereocenters. The number of rotatable bonds is 6. The van der Waals surface area contributed by atoms with Gasteiger partial charge in [-0.1, -0.05) is 27.2 Å². The van der Waals surface area contributed by atoms with Crippen LogP contribution in [0, 0.1) is 0 Å². The quantitative estimate of drug-likeness (QED) is 0.474. The number of hydrogen-bond acceptors (Lipinski definition) is 3. The lowest BCUT2D eigenvalue weighted by Crippen LogP contribution is -2.37. The Balaban J connectivity index is 2.37. The van der Waals surface area contributed by atoms with Crippen molar-refractivity contribution in [3.05, 3.63) is 16.1 Å². The molecule has 0 aliphatic heterocycles. The maximum Gasteiger partial charge on any atom is 0.191 e. The van der Waals surface area contributed by atoms with Crippen molar-refractivity contribution in [3.63, 3.8) is 0 Å². The Morgan fingerprint density at radius 1 is 1.44 bits per heavy atom. The van der Waals surface area contributed by atoms with Gasteiger partial charge in [0.2, 0.25) is 0 Å². The minimum atomic E-state index is 0.505. The fraction of sp³-hybridized carbons (Fsp3) is 0.692. The molecule has 0 spiro atoms. The van der Waals surface area contributed by atoms with Crippen LogP contribution in [-0.2, 0) is 6.54 Å². The van der Waals surface area contributed by atoms with Crippen molar-refractivity contribution in [1.29, 1.82) is 0 Å². The summed E-state index contributed by atoms with van der Waals surface area (Å²) in [6.45, 7) is 8.21. The Morgan fingerprint density at radius 3 is 2.78 bits per heavy atom. The highest BCUT2D eigenvalue weighted by atomic mass is 32.1. The van der Waals surface area contributed by atoms with Crippen LogP contribution in [0.25, 0.3) is 0 Å². The van der Waals surface area contributed by atoms with Gasteiger partial charge < -0.3 is 10.6 Å². The zero-order valence-corrected chi connectivity index (χ0v) is 12.6. The zero-order valence-electron chi connectivity index (χ0n) is 11.8. The molecule has 0 saturated heterocycles. The predicted molar refractivity (Wildman–Crippen MR) is 79.3 cm³/mol. The van der Waals surface area contributed by atoms with E-state index in [-0.39, 0.29) is 0 Å². The second-order valence-corrected chi connectivity index (χ2v) is 5.43. The van der Waals surface area contributed by atoms with Gasteiger partial charge >= 0.3 is 0 Å². The van der Waals surface area contributed by atoms with E-state index >= 15 is 0 Å². The topological polar surface area (TPSA) is 49.3 Å². The molecule has 1 rings (SSSR count). The van der Waals surface area contributed by atoms with Crippen molar-refractivity contribution < 1.29 is 0 Å². The lowest BCUT2D eigenvalue weighted by Gasteiger charge is -2.10. The van der Waals surface area contributed by atoms with Gasteiger partial charge in [-0.25, -0.2) is 4.98 Å². The summed E-state index contributed by atoms with van der Waals surface area (Å²) in [5.74, 6) is 1.35. The highest BCUT2D eigenvalue weighted by Gasteiger charge is 2.06. The molecular formula is C13H24N4S. The molecule has 18 heavy (non-hydrogen) atoms. The summed E-state index contributed by atoms with van der Waals surface area (Å²) in [6, 6.07) is 0. The first-order valence-electron chi connectivity index (χ1n) is 6.56. The molecule has 0 aliphatic carbocycles. The smallest absolute Gasteiger partial charge is 0.191 e. The third-order valence-electron chi connectivity index (χ3n) is 2.55. The monoisotopic (exact) mass is 268 g/mol. The molecule has 1 heterocycles. The Morgan fingerprint density at radius 2 is 2.22 bits per heavy atom. The standard InChI is InChI=1S/C13H24N4S/c1-5-6-7-15-13(14-4)16-8-11-9-18-12(17-11)10(2)3/h9-10H,5-8H2,1-4H3,(H2,14,15,16). The molecule has 0 atom stereocenters. The third-order valence-corrected chi connectivity index (χ3v) is 3.74. The van der Waals surface area contributed by atoms with Gasteiger partial charge in [0.25, 0.3) is 0 Å². The van der Waals surface area contributed by atoms with E-state index in [2.05, 4.69) is 46.8 Å². The number of guanidine groups is 1. The molecule has 0 saturated carbocycles. The largest absolute Gasteiger partial charge is 0.356 e. The lowest BCUT2D eigenvalue weighted by atomic mass is 10.2. The molecule has 0 bridgehead atoms. The van der Waals surface area contributed by atoms with Gasteiger partial charge in [-0.3, -0.25) is 4.99 Å². The minimum Gasteiger partial charge on any atom is -0.356 e. The number of nitrogens with zero attached hydrogens (tertiary/aromatic N) is 2. The summed E-state index contributed by atoms with van der Waals surface area (Å²) in [6.07, 6.45) is 2.35. The van der Waals surface area contributed by atoms with Crippen molar-refractivity contribution in [2.45, 2.75) is 46.1 Å². The van der Waals surface area contributed by atoms with Gasteiger partial charge in [0.15, 0.2) is 5.96 Å². The van der Waals surface area contributed by atoms with Gasteiger partial charge in [0.05, 0.1) is 17.2 Å². The van der Waals surface area contributed by atoms with E-state index in [0.717, 1.165) is 31.2 Å². The van der Waals surface area contributed by atoms with Crippen LogP contribution in [0.3, 0.4) is 0 Å².